The number of ether oxygens (including phenoxy) is 1. The zero-order chi connectivity index (χ0) is 24.4. The van der Waals surface area contributed by atoms with Crippen LogP contribution in [-0.4, -0.2) is 38.4 Å². The van der Waals surface area contributed by atoms with Gasteiger partial charge in [0.05, 0.1) is 5.39 Å². The van der Waals surface area contributed by atoms with Gasteiger partial charge < -0.3 is 19.9 Å². The maximum atomic E-state index is 11.9. The lowest BCUT2D eigenvalue weighted by atomic mass is 10.0. The second kappa shape index (κ2) is 9.35. The molecule has 0 bridgehead atoms. The van der Waals surface area contributed by atoms with Gasteiger partial charge in [0, 0.05) is 31.6 Å². The minimum absolute atomic E-state index is 0.0551. The highest BCUT2D eigenvalue weighted by atomic mass is 16.5. The first kappa shape index (κ1) is 22.2. The second-order valence-electron chi connectivity index (χ2n) is 8.42. The normalized spacial score (nSPS) is 15.0. The Morgan fingerprint density at radius 1 is 1.14 bits per heavy atom. The van der Waals surface area contributed by atoms with E-state index in [0.29, 0.717) is 18.9 Å². The number of benzene rings is 2. The molecular weight excluding hydrogens is 438 g/mol. The lowest BCUT2D eigenvalue weighted by Crippen LogP contribution is -2.26. The van der Waals surface area contributed by atoms with E-state index in [9.17, 15) is 4.79 Å². The van der Waals surface area contributed by atoms with Crippen molar-refractivity contribution in [3.63, 3.8) is 0 Å². The van der Waals surface area contributed by atoms with Gasteiger partial charge in [0.25, 0.3) is 0 Å². The van der Waals surface area contributed by atoms with E-state index in [4.69, 9.17) is 10.5 Å². The Morgan fingerprint density at radius 2 is 1.89 bits per heavy atom. The first-order valence-corrected chi connectivity index (χ1v) is 11.4. The highest BCUT2D eigenvalue weighted by Crippen LogP contribution is 2.37. The molecule has 3 heterocycles. The minimum atomic E-state index is -0.0551. The van der Waals surface area contributed by atoms with Gasteiger partial charge in [-0.3, -0.25) is 4.79 Å². The van der Waals surface area contributed by atoms with Gasteiger partial charge in [-0.05, 0) is 48.2 Å². The lowest BCUT2D eigenvalue weighted by molar-refractivity contribution is -0.125. The van der Waals surface area contributed by atoms with E-state index in [1.807, 2.05) is 66.2 Å². The van der Waals surface area contributed by atoms with Gasteiger partial charge in [-0.2, -0.15) is 0 Å². The molecule has 1 fully saturated rings. The number of nitrogens with two attached hydrogens (primary N) is 1. The summed E-state index contributed by atoms with van der Waals surface area (Å²) in [5, 5.41) is 0.769. The van der Waals surface area contributed by atoms with Gasteiger partial charge in [-0.25, -0.2) is 9.97 Å². The Morgan fingerprint density at radius 3 is 2.63 bits per heavy atom. The first-order chi connectivity index (χ1) is 17.0. The number of carbonyl (C=O) groups is 1. The van der Waals surface area contributed by atoms with Crippen molar-refractivity contribution in [3.05, 3.63) is 79.3 Å². The molecule has 1 saturated heterocycles. The van der Waals surface area contributed by atoms with Gasteiger partial charge in [-0.1, -0.05) is 42.8 Å². The van der Waals surface area contributed by atoms with Crippen LogP contribution >= 0.6 is 0 Å². The Balaban J connectivity index is 1.53. The van der Waals surface area contributed by atoms with Gasteiger partial charge in [0.15, 0.2) is 0 Å². The Hall–Kier alpha value is -4.57. The summed E-state index contributed by atoms with van der Waals surface area (Å²) >= 11 is 0. The van der Waals surface area contributed by atoms with Crippen molar-refractivity contribution in [2.24, 2.45) is 13.0 Å². The van der Waals surface area contributed by atoms with Crippen LogP contribution < -0.4 is 10.5 Å². The van der Waals surface area contributed by atoms with Crippen LogP contribution in [0.5, 0.6) is 11.5 Å². The van der Waals surface area contributed by atoms with Crippen LogP contribution in [0.4, 0.5) is 5.82 Å². The van der Waals surface area contributed by atoms with E-state index in [0.717, 1.165) is 45.8 Å². The predicted molar refractivity (Wildman–Crippen MR) is 137 cm³/mol. The number of anilines is 1. The summed E-state index contributed by atoms with van der Waals surface area (Å²) in [5.74, 6) is 8.68. The largest absolute Gasteiger partial charge is 0.457 e. The topological polar surface area (TPSA) is 86.3 Å². The molecule has 7 nitrogen and oxygen atoms in total. The lowest BCUT2D eigenvalue weighted by Gasteiger charge is -2.11. The van der Waals surface area contributed by atoms with E-state index in [-0.39, 0.29) is 11.8 Å². The Labute approximate surface area is 203 Å². The summed E-state index contributed by atoms with van der Waals surface area (Å²) in [7, 11) is 1.93. The minimum Gasteiger partial charge on any atom is -0.457 e. The third kappa shape index (κ3) is 4.34. The molecule has 2 N–H and O–H groups in total. The molecule has 2 aromatic heterocycles. The van der Waals surface area contributed by atoms with Gasteiger partial charge >= 0.3 is 0 Å². The van der Waals surface area contributed by atoms with Gasteiger partial charge in [0.2, 0.25) is 5.91 Å². The molecule has 1 amide bonds. The highest BCUT2D eigenvalue weighted by Gasteiger charge is 2.24. The molecule has 2 aromatic carbocycles. The molecule has 1 unspecified atom stereocenters. The van der Waals surface area contributed by atoms with Crippen molar-refractivity contribution >= 4 is 22.8 Å². The fourth-order valence-corrected chi connectivity index (χ4v) is 4.40. The van der Waals surface area contributed by atoms with Crippen molar-refractivity contribution in [1.29, 1.82) is 0 Å². The number of nitrogen functional groups attached to an aromatic ring is 1. The zero-order valence-corrected chi connectivity index (χ0v) is 19.4. The van der Waals surface area contributed by atoms with E-state index in [1.165, 1.54) is 12.4 Å². The zero-order valence-electron chi connectivity index (χ0n) is 19.4. The summed E-state index contributed by atoms with van der Waals surface area (Å²) in [5.41, 5.74) is 9.65. The van der Waals surface area contributed by atoms with E-state index in [2.05, 4.69) is 28.4 Å². The summed E-state index contributed by atoms with van der Waals surface area (Å²) in [6.07, 6.45) is 3.65. The van der Waals surface area contributed by atoms with Crippen LogP contribution in [0, 0.1) is 17.8 Å². The summed E-state index contributed by atoms with van der Waals surface area (Å²) in [4.78, 5) is 22.4. The third-order valence-electron chi connectivity index (χ3n) is 6.19. The van der Waals surface area contributed by atoms with Crippen molar-refractivity contribution in [2.45, 2.75) is 6.42 Å². The molecule has 35 heavy (non-hydrogen) atoms. The average molecular weight is 464 g/mol. The van der Waals surface area contributed by atoms with Crippen molar-refractivity contribution < 1.29 is 9.53 Å². The molecule has 0 spiro atoms. The van der Waals surface area contributed by atoms with Crippen molar-refractivity contribution in [2.75, 3.05) is 18.8 Å². The molecule has 4 aromatic rings. The second-order valence-corrected chi connectivity index (χ2v) is 8.42. The van der Waals surface area contributed by atoms with Crippen LogP contribution in [0.3, 0.4) is 0 Å². The molecule has 0 radical (unpaired) electrons. The standard InChI is InChI=1S/C28H25N5O2/c1-3-24(34)33-16-15-19(17-33)9-14-23-25(26-27(29)30-18-31-28(26)32(23)2)20-10-12-22(13-11-20)35-21-7-5-4-6-8-21/h3-8,10-13,18-19H,1,15-17H2,2H3,(H2,29,30,31). The molecule has 5 rings (SSSR count). The van der Waals surface area contributed by atoms with Crippen LogP contribution in [0.2, 0.25) is 0 Å². The van der Waals surface area contributed by atoms with E-state index >= 15 is 0 Å². The number of aromatic nitrogens is 3. The Kier molecular flexibility index (Phi) is 5.94. The number of hydrogen-bond donors (Lipinski definition) is 1. The molecule has 1 aliphatic rings. The number of aryl methyl sites for hydroxylation is 1. The van der Waals surface area contributed by atoms with Crippen molar-refractivity contribution in [1.82, 2.24) is 19.4 Å². The molecule has 1 atom stereocenters. The predicted octanol–water partition coefficient (Wildman–Crippen LogP) is 4.40. The number of fused-ring (bicyclic) bond motifs is 1. The van der Waals surface area contributed by atoms with E-state index in [1.54, 1.807) is 4.90 Å². The van der Waals surface area contributed by atoms with Crippen LogP contribution in [-0.2, 0) is 11.8 Å². The number of rotatable bonds is 4. The van der Waals surface area contributed by atoms with E-state index < -0.39 is 0 Å². The summed E-state index contributed by atoms with van der Waals surface area (Å²) in [6.45, 7) is 4.87. The maximum absolute atomic E-state index is 11.9. The SMILES string of the molecule is C=CC(=O)N1CCC(C#Cc2c(-c3ccc(Oc4ccccc4)cc3)c3c(N)ncnc3n2C)C1. The molecule has 0 aliphatic carbocycles. The number of para-hydroxylation sites is 1. The number of nitrogens with zero attached hydrogens (tertiary/aromatic N) is 4. The molecule has 7 heteroatoms. The molecule has 0 saturated carbocycles. The van der Waals surface area contributed by atoms with Crippen LogP contribution in [0.25, 0.3) is 22.2 Å². The fraction of sp³-hybridized carbons (Fsp3) is 0.179. The monoisotopic (exact) mass is 463 g/mol. The number of carbonyl (C=O) groups excluding carboxylic acids is 1. The van der Waals surface area contributed by atoms with Crippen molar-refractivity contribution in [3.8, 4) is 34.5 Å². The smallest absolute Gasteiger partial charge is 0.245 e. The first-order valence-electron chi connectivity index (χ1n) is 11.4. The maximum Gasteiger partial charge on any atom is 0.245 e. The fourth-order valence-electron chi connectivity index (χ4n) is 4.40. The van der Waals surface area contributed by atoms with Gasteiger partial charge in [-0.15, -0.1) is 0 Å². The summed E-state index contributed by atoms with van der Waals surface area (Å²) < 4.78 is 7.90. The average Bonchev–Trinajstić information content (AvgIpc) is 3.47. The highest BCUT2D eigenvalue weighted by molar-refractivity contribution is 6.03. The number of amides is 1. The molecule has 174 valence electrons. The molecule has 1 aliphatic heterocycles. The summed E-state index contributed by atoms with van der Waals surface area (Å²) in [6, 6.07) is 17.5. The van der Waals surface area contributed by atoms with Crippen LogP contribution in [0.1, 0.15) is 12.1 Å². The number of likely N-dealkylation sites (tertiary alicyclic amines) is 1. The third-order valence-corrected chi connectivity index (χ3v) is 6.19. The quantitative estimate of drug-likeness (QED) is 0.358. The van der Waals surface area contributed by atoms with Crippen LogP contribution in [0.15, 0.2) is 73.6 Å². The van der Waals surface area contributed by atoms with Gasteiger partial charge in [0.1, 0.15) is 35.0 Å². The number of hydrogen-bond acceptors (Lipinski definition) is 5. The Bertz CT molecular complexity index is 1460. The molecular formula is C28H25N5O2.